The highest BCUT2D eigenvalue weighted by atomic mass is 35.5. The van der Waals surface area contributed by atoms with E-state index in [4.69, 9.17) is 16.3 Å². The zero-order valence-corrected chi connectivity index (χ0v) is 15.5. The molecule has 0 unspecified atom stereocenters. The van der Waals surface area contributed by atoms with Crippen LogP contribution in [0.5, 0.6) is 0 Å². The average molecular weight is 385 g/mol. The molecule has 2 N–H and O–H groups in total. The molecule has 0 radical (unpaired) electrons. The predicted molar refractivity (Wildman–Crippen MR) is 102 cm³/mol. The number of amides is 1. The number of rotatable bonds is 5. The second-order valence-electron chi connectivity index (χ2n) is 5.86. The zero-order valence-electron chi connectivity index (χ0n) is 14.7. The molecule has 27 heavy (non-hydrogen) atoms. The van der Waals surface area contributed by atoms with E-state index in [2.05, 4.69) is 20.3 Å². The minimum atomic E-state index is -0.590. The van der Waals surface area contributed by atoms with Gasteiger partial charge in [0.2, 0.25) is 0 Å². The van der Waals surface area contributed by atoms with Crippen LogP contribution in [0.15, 0.2) is 42.6 Å². The number of aromatic nitrogens is 3. The van der Waals surface area contributed by atoms with E-state index < -0.39 is 18.5 Å². The smallest absolute Gasteiger partial charge is 0.338 e. The van der Waals surface area contributed by atoms with Crippen LogP contribution >= 0.6 is 11.6 Å². The third-order valence-corrected chi connectivity index (χ3v) is 4.07. The molecule has 0 bridgehead atoms. The van der Waals surface area contributed by atoms with Gasteiger partial charge >= 0.3 is 5.97 Å². The molecule has 0 atom stereocenters. The summed E-state index contributed by atoms with van der Waals surface area (Å²) in [6.45, 7) is 3.45. The van der Waals surface area contributed by atoms with E-state index in [-0.39, 0.29) is 0 Å². The Balaban J connectivity index is 1.56. The second-order valence-corrected chi connectivity index (χ2v) is 6.30. The van der Waals surface area contributed by atoms with Crippen LogP contribution in [0.3, 0.4) is 0 Å². The SMILES string of the molecule is Cc1nc(-c2ccc(C(=O)OCC(=O)Nc3ccc(Cl)cn3)cc2)[nH]c1C. The molecule has 1 amide bonds. The van der Waals surface area contributed by atoms with E-state index >= 15 is 0 Å². The van der Waals surface area contributed by atoms with Crippen molar-refractivity contribution in [3.63, 3.8) is 0 Å². The first-order valence-electron chi connectivity index (χ1n) is 8.14. The first-order valence-corrected chi connectivity index (χ1v) is 8.52. The van der Waals surface area contributed by atoms with E-state index in [9.17, 15) is 9.59 Å². The number of imidazole rings is 1. The fourth-order valence-corrected chi connectivity index (χ4v) is 2.40. The highest BCUT2D eigenvalue weighted by Gasteiger charge is 2.12. The number of aryl methyl sites for hydroxylation is 2. The van der Waals surface area contributed by atoms with Gasteiger partial charge in [-0.25, -0.2) is 14.8 Å². The number of pyridine rings is 1. The topological polar surface area (TPSA) is 97.0 Å². The van der Waals surface area contributed by atoms with Crippen LogP contribution in [-0.2, 0) is 9.53 Å². The van der Waals surface area contributed by atoms with Crippen molar-refractivity contribution in [2.75, 3.05) is 11.9 Å². The number of halogens is 1. The van der Waals surface area contributed by atoms with Crippen LogP contribution in [-0.4, -0.2) is 33.4 Å². The van der Waals surface area contributed by atoms with Crippen molar-refractivity contribution in [2.45, 2.75) is 13.8 Å². The molecule has 0 spiro atoms. The largest absolute Gasteiger partial charge is 0.452 e. The Bertz CT molecular complexity index is 946. The molecule has 0 saturated carbocycles. The number of hydrogen-bond acceptors (Lipinski definition) is 5. The number of ether oxygens (including phenoxy) is 1. The van der Waals surface area contributed by atoms with Gasteiger partial charge in [0.15, 0.2) is 6.61 Å². The number of hydrogen-bond donors (Lipinski definition) is 2. The Morgan fingerprint density at radius 2 is 1.89 bits per heavy atom. The number of anilines is 1. The Morgan fingerprint density at radius 3 is 2.48 bits per heavy atom. The molecular formula is C19H17ClN4O3. The van der Waals surface area contributed by atoms with Gasteiger partial charge in [-0.3, -0.25) is 4.79 Å². The molecule has 0 aliphatic carbocycles. The van der Waals surface area contributed by atoms with Crippen molar-refractivity contribution >= 4 is 29.3 Å². The Hall–Kier alpha value is -3.19. The van der Waals surface area contributed by atoms with Crippen LogP contribution in [0.1, 0.15) is 21.7 Å². The second kappa shape index (κ2) is 8.01. The maximum atomic E-state index is 12.1. The highest BCUT2D eigenvalue weighted by Crippen LogP contribution is 2.18. The molecule has 8 heteroatoms. The van der Waals surface area contributed by atoms with Crippen LogP contribution in [0.2, 0.25) is 5.02 Å². The van der Waals surface area contributed by atoms with Gasteiger partial charge in [-0.1, -0.05) is 23.7 Å². The lowest BCUT2D eigenvalue weighted by Crippen LogP contribution is -2.21. The van der Waals surface area contributed by atoms with E-state index in [1.165, 1.54) is 6.20 Å². The van der Waals surface area contributed by atoms with Crippen molar-refractivity contribution in [1.29, 1.82) is 0 Å². The molecule has 0 aliphatic rings. The monoisotopic (exact) mass is 384 g/mol. The van der Waals surface area contributed by atoms with Gasteiger partial charge in [0.25, 0.3) is 5.91 Å². The fourth-order valence-electron chi connectivity index (χ4n) is 2.29. The number of nitrogens with one attached hydrogen (secondary N) is 2. The standard InChI is InChI=1S/C19H17ClN4O3/c1-11-12(2)23-18(22-11)13-3-5-14(6-4-13)19(26)27-10-17(25)24-16-8-7-15(20)9-21-16/h3-9H,10H2,1-2H3,(H,22,23)(H,21,24,25). The van der Waals surface area contributed by atoms with Gasteiger partial charge in [-0.05, 0) is 38.1 Å². The minimum absolute atomic E-state index is 0.328. The summed E-state index contributed by atoms with van der Waals surface area (Å²) < 4.78 is 5.03. The summed E-state index contributed by atoms with van der Waals surface area (Å²) in [5, 5.41) is 2.98. The summed E-state index contributed by atoms with van der Waals surface area (Å²) in [4.78, 5) is 35.5. The van der Waals surface area contributed by atoms with Crippen molar-refractivity contribution in [3.8, 4) is 11.4 Å². The van der Waals surface area contributed by atoms with Gasteiger partial charge in [-0.2, -0.15) is 0 Å². The van der Waals surface area contributed by atoms with Gasteiger partial charge in [0.05, 0.1) is 16.3 Å². The lowest BCUT2D eigenvalue weighted by Gasteiger charge is -2.06. The zero-order chi connectivity index (χ0) is 19.4. The van der Waals surface area contributed by atoms with Crippen molar-refractivity contribution < 1.29 is 14.3 Å². The molecule has 7 nitrogen and oxygen atoms in total. The minimum Gasteiger partial charge on any atom is -0.452 e. The average Bonchev–Trinajstić information content (AvgIpc) is 3.00. The van der Waals surface area contributed by atoms with E-state index in [1.54, 1.807) is 36.4 Å². The van der Waals surface area contributed by atoms with Gasteiger partial charge < -0.3 is 15.0 Å². The molecule has 3 aromatic rings. The number of aromatic amines is 1. The quantitative estimate of drug-likeness (QED) is 0.656. The van der Waals surface area contributed by atoms with E-state index in [1.807, 2.05) is 13.8 Å². The van der Waals surface area contributed by atoms with Crippen molar-refractivity contribution in [3.05, 3.63) is 64.6 Å². The van der Waals surface area contributed by atoms with E-state index in [0.29, 0.717) is 16.4 Å². The summed E-state index contributed by atoms with van der Waals surface area (Å²) in [5.74, 6) is -0.0162. The van der Waals surface area contributed by atoms with Crippen LogP contribution in [0.4, 0.5) is 5.82 Å². The molecule has 0 saturated heterocycles. The normalized spacial score (nSPS) is 10.5. The van der Waals surface area contributed by atoms with Gasteiger partial charge in [-0.15, -0.1) is 0 Å². The molecule has 0 fully saturated rings. The molecular weight excluding hydrogens is 368 g/mol. The summed E-state index contributed by atoms with van der Waals surface area (Å²) >= 11 is 5.73. The van der Waals surface area contributed by atoms with Crippen molar-refractivity contribution in [2.24, 2.45) is 0 Å². The number of benzene rings is 1. The number of carbonyl (C=O) groups excluding carboxylic acids is 2. The molecule has 1 aromatic carbocycles. The number of nitrogens with zero attached hydrogens (tertiary/aromatic N) is 2. The lowest BCUT2D eigenvalue weighted by atomic mass is 10.1. The Morgan fingerprint density at radius 1 is 1.15 bits per heavy atom. The van der Waals surface area contributed by atoms with Crippen LogP contribution in [0, 0.1) is 13.8 Å². The molecule has 2 aromatic heterocycles. The molecule has 3 rings (SSSR count). The van der Waals surface area contributed by atoms with Gasteiger partial charge in [0, 0.05) is 17.5 Å². The number of carbonyl (C=O) groups is 2. The van der Waals surface area contributed by atoms with Crippen molar-refractivity contribution in [1.82, 2.24) is 15.0 Å². The Labute approximate surface area is 160 Å². The summed E-state index contributed by atoms with van der Waals surface area (Å²) in [6.07, 6.45) is 1.41. The summed E-state index contributed by atoms with van der Waals surface area (Å²) in [5.41, 5.74) is 3.12. The molecule has 2 heterocycles. The first-order chi connectivity index (χ1) is 12.9. The molecule has 0 aliphatic heterocycles. The number of esters is 1. The Kier molecular flexibility index (Phi) is 5.52. The lowest BCUT2D eigenvalue weighted by molar-refractivity contribution is -0.119. The number of H-pyrrole nitrogens is 1. The predicted octanol–water partition coefficient (Wildman–Crippen LogP) is 3.54. The third-order valence-electron chi connectivity index (χ3n) is 3.85. The third kappa shape index (κ3) is 4.71. The first kappa shape index (κ1) is 18.6. The van der Waals surface area contributed by atoms with Crippen LogP contribution in [0.25, 0.3) is 11.4 Å². The maximum absolute atomic E-state index is 12.1. The maximum Gasteiger partial charge on any atom is 0.338 e. The van der Waals surface area contributed by atoms with E-state index in [0.717, 1.165) is 22.8 Å². The highest BCUT2D eigenvalue weighted by molar-refractivity contribution is 6.30. The van der Waals surface area contributed by atoms with Gasteiger partial charge in [0.1, 0.15) is 11.6 Å². The summed E-state index contributed by atoms with van der Waals surface area (Å²) in [6, 6.07) is 9.95. The summed E-state index contributed by atoms with van der Waals surface area (Å²) in [7, 11) is 0. The van der Waals surface area contributed by atoms with Crippen LogP contribution < -0.4 is 5.32 Å². The fraction of sp³-hybridized carbons (Fsp3) is 0.158. The molecule has 138 valence electrons.